The van der Waals surface area contributed by atoms with Crippen molar-refractivity contribution in [2.45, 2.75) is 6.92 Å². The Kier molecular flexibility index (Phi) is 2.24. The topological polar surface area (TPSA) is 28.7 Å². The molecule has 0 saturated carbocycles. The molecule has 0 unspecified atom stereocenters. The first-order chi connectivity index (χ1) is 6.29. The highest BCUT2D eigenvalue weighted by atomic mass is 32.1. The van der Waals surface area contributed by atoms with Crippen LogP contribution >= 0.6 is 23.6 Å². The predicted molar refractivity (Wildman–Crippen MR) is 57.5 cm³/mol. The molecule has 0 aliphatic carbocycles. The van der Waals surface area contributed by atoms with Gasteiger partial charge in [0.25, 0.3) is 0 Å². The molecule has 4 heteroatoms. The number of aromatic amines is 1. The number of rotatable bonds is 1. The van der Waals surface area contributed by atoms with E-state index in [4.69, 9.17) is 12.2 Å². The average molecular weight is 208 g/mol. The summed E-state index contributed by atoms with van der Waals surface area (Å²) in [5, 5.41) is 4.14. The molecule has 2 aromatic rings. The summed E-state index contributed by atoms with van der Waals surface area (Å²) in [6.07, 6.45) is 1.64. The maximum absolute atomic E-state index is 5.09. The highest BCUT2D eigenvalue weighted by Gasteiger charge is 2.02. The molecule has 13 heavy (non-hydrogen) atoms. The van der Waals surface area contributed by atoms with Crippen LogP contribution in [0.15, 0.2) is 23.2 Å². The van der Waals surface area contributed by atoms with Gasteiger partial charge < -0.3 is 4.98 Å². The zero-order valence-electron chi connectivity index (χ0n) is 7.07. The molecule has 2 heterocycles. The molecule has 0 aliphatic heterocycles. The minimum absolute atomic E-state index is 0.667. The monoisotopic (exact) mass is 208 g/mol. The third kappa shape index (κ3) is 1.55. The van der Waals surface area contributed by atoms with E-state index in [1.54, 1.807) is 17.7 Å². The van der Waals surface area contributed by atoms with Crippen molar-refractivity contribution in [3.05, 3.63) is 33.4 Å². The molecule has 0 aromatic carbocycles. The van der Waals surface area contributed by atoms with Crippen molar-refractivity contribution in [3.63, 3.8) is 0 Å². The summed E-state index contributed by atoms with van der Waals surface area (Å²) in [5.74, 6) is 0. The van der Waals surface area contributed by atoms with Crippen LogP contribution in [0, 0.1) is 11.6 Å². The van der Waals surface area contributed by atoms with E-state index in [0.717, 1.165) is 11.3 Å². The molecule has 0 spiro atoms. The molecule has 2 aromatic heterocycles. The maximum atomic E-state index is 5.09. The Morgan fingerprint density at radius 1 is 1.54 bits per heavy atom. The normalized spacial score (nSPS) is 10.2. The molecular weight excluding hydrogens is 200 g/mol. The molecule has 2 rings (SSSR count). The zero-order chi connectivity index (χ0) is 9.26. The number of aromatic nitrogens is 2. The number of nitrogens with zero attached hydrogens (tertiary/aromatic N) is 1. The highest BCUT2D eigenvalue weighted by molar-refractivity contribution is 7.71. The van der Waals surface area contributed by atoms with Gasteiger partial charge >= 0.3 is 0 Å². The van der Waals surface area contributed by atoms with Crippen molar-refractivity contribution >= 4 is 23.6 Å². The van der Waals surface area contributed by atoms with Crippen LogP contribution in [0.3, 0.4) is 0 Å². The molecule has 1 N–H and O–H groups in total. The summed E-state index contributed by atoms with van der Waals surface area (Å²) in [5.41, 5.74) is 3.29. The molecule has 0 radical (unpaired) electrons. The lowest BCUT2D eigenvalue weighted by atomic mass is 10.1. The first kappa shape index (κ1) is 8.59. The van der Waals surface area contributed by atoms with Gasteiger partial charge in [0, 0.05) is 16.5 Å². The Morgan fingerprint density at radius 3 is 3.08 bits per heavy atom. The standard InChI is InChI=1S/C9H8N2S2/c1-6-8(7-2-3-13-4-7)10-5-11-9(6)12/h2-5H,1H3,(H,10,11,12). The van der Waals surface area contributed by atoms with Gasteiger partial charge in [-0.1, -0.05) is 12.2 Å². The van der Waals surface area contributed by atoms with E-state index in [1.807, 2.05) is 12.3 Å². The number of thiophene rings is 1. The Bertz CT molecular complexity index is 457. The van der Waals surface area contributed by atoms with Crippen LogP contribution in [-0.4, -0.2) is 9.97 Å². The Morgan fingerprint density at radius 2 is 2.38 bits per heavy atom. The third-order valence-electron chi connectivity index (χ3n) is 1.90. The Labute approximate surface area is 85.3 Å². The van der Waals surface area contributed by atoms with E-state index in [9.17, 15) is 0 Å². The van der Waals surface area contributed by atoms with Crippen molar-refractivity contribution in [3.8, 4) is 11.3 Å². The van der Waals surface area contributed by atoms with Gasteiger partial charge in [-0.15, -0.1) is 0 Å². The second-order valence-corrected chi connectivity index (χ2v) is 3.89. The fourth-order valence-electron chi connectivity index (χ4n) is 1.17. The molecule has 0 saturated heterocycles. The molecule has 2 nitrogen and oxygen atoms in total. The van der Waals surface area contributed by atoms with Gasteiger partial charge in [0.2, 0.25) is 0 Å². The van der Waals surface area contributed by atoms with E-state index in [-0.39, 0.29) is 0 Å². The summed E-state index contributed by atoms with van der Waals surface area (Å²) in [6.45, 7) is 1.98. The second-order valence-electron chi connectivity index (χ2n) is 2.72. The fourth-order valence-corrected chi connectivity index (χ4v) is 1.98. The minimum Gasteiger partial charge on any atom is -0.346 e. The van der Waals surface area contributed by atoms with E-state index in [2.05, 4.69) is 21.4 Å². The third-order valence-corrected chi connectivity index (χ3v) is 2.99. The second kappa shape index (κ2) is 3.40. The molecule has 0 fully saturated rings. The van der Waals surface area contributed by atoms with Crippen molar-refractivity contribution in [1.82, 2.24) is 9.97 Å². The van der Waals surface area contributed by atoms with Gasteiger partial charge in [-0.25, -0.2) is 4.98 Å². The number of hydrogen-bond acceptors (Lipinski definition) is 3. The predicted octanol–water partition coefficient (Wildman–Crippen LogP) is 3.18. The quantitative estimate of drug-likeness (QED) is 0.729. The van der Waals surface area contributed by atoms with Crippen LogP contribution < -0.4 is 0 Å². The molecular formula is C9H8N2S2. The van der Waals surface area contributed by atoms with E-state index >= 15 is 0 Å². The van der Waals surface area contributed by atoms with Crippen LogP contribution in [0.2, 0.25) is 0 Å². The van der Waals surface area contributed by atoms with E-state index in [0.29, 0.717) is 4.64 Å². The molecule has 0 atom stereocenters. The first-order valence-electron chi connectivity index (χ1n) is 3.86. The van der Waals surface area contributed by atoms with Crippen LogP contribution in [0.4, 0.5) is 0 Å². The molecule has 0 bridgehead atoms. The Hall–Kier alpha value is -1.00. The maximum Gasteiger partial charge on any atom is 0.132 e. The lowest BCUT2D eigenvalue weighted by Gasteiger charge is -2.01. The van der Waals surface area contributed by atoms with Crippen molar-refractivity contribution in [2.75, 3.05) is 0 Å². The van der Waals surface area contributed by atoms with Gasteiger partial charge in [-0.3, -0.25) is 0 Å². The summed E-state index contributed by atoms with van der Waals surface area (Å²) in [4.78, 5) is 7.12. The first-order valence-corrected chi connectivity index (χ1v) is 5.21. The van der Waals surface area contributed by atoms with Crippen LogP contribution in [-0.2, 0) is 0 Å². The summed E-state index contributed by atoms with van der Waals surface area (Å²) >= 11 is 6.76. The van der Waals surface area contributed by atoms with Crippen LogP contribution in [0.1, 0.15) is 5.56 Å². The fraction of sp³-hybridized carbons (Fsp3) is 0.111. The lowest BCUT2D eigenvalue weighted by Crippen LogP contribution is -1.89. The summed E-state index contributed by atoms with van der Waals surface area (Å²) in [6, 6.07) is 2.07. The number of H-pyrrole nitrogens is 1. The summed E-state index contributed by atoms with van der Waals surface area (Å²) in [7, 11) is 0. The SMILES string of the molecule is Cc1c(-c2ccsc2)[nH]cnc1=S. The van der Waals surface area contributed by atoms with Gasteiger partial charge in [-0.05, 0) is 18.4 Å². The van der Waals surface area contributed by atoms with Crippen LogP contribution in [0.5, 0.6) is 0 Å². The molecule has 66 valence electrons. The molecule has 0 aliphatic rings. The van der Waals surface area contributed by atoms with Crippen molar-refractivity contribution < 1.29 is 0 Å². The average Bonchev–Trinajstić information content (AvgIpc) is 2.62. The molecule has 0 amide bonds. The smallest absolute Gasteiger partial charge is 0.132 e. The van der Waals surface area contributed by atoms with E-state index in [1.165, 1.54) is 5.56 Å². The minimum atomic E-state index is 0.667. The van der Waals surface area contributed by atoms with Gasteiger partial charge in [0.1, 0.15) is 4.64 Å². The van der Waals surface area contributed by atoms with E-state index < -0.39 is 0 Å². The zero-order valence-corrected chi connectivity index (χ0v) is 8.71. The lowest BCUT2D eigenvalue weighted by molar-refractivity contribution is 1.12. The summed E-state index contributed by atoms with van der Waals surface area (Å²) < 4.78 is 0.667. The number of nitrogens with one attached hydrogen (secondary N) is 1. The van der Waals surface area contributed by atoms with Crippen molar-refractivity contribution in [1.29, 1.82) is 0 Å². The number of hydrogen-bond donors (Lipinski definition) is 1. The van der Waals surface area contributed by atoms with Gasteiger partial charge in [0.05, 0.1) is 12.0 Å². The largest absolute Gasteiger partial charge is 0.346 e. The van der Waals surface area contributed by atoms with Gasteiger partial charge in [-0.2, -0.15) is 11.3 Å². The van der Waals surface area contributed by atoms with Gasteiger partial charge in [0.15, 0.2) is 0 Å². The van der Waals surface area contributed by atoms with Crippen LogP contribution in [0.25, 0.3) is 11.3 Å². The van der Waals surface area contributed by atoms with Crippen molar-refractivity contribution in [2.24, 2.45) is 0 Å². The Balaban J connectivity index is 2.66. The highest BCUT2D eigenvalue weighted by Crippen LogP contribution is 2.22.